The summed E-state index contributed by atoms with van der Waals surface area (Å²) in [7, 11) is 0. The molecule has 8 heteroatoms. The van der Waals surface area contributed by atoms with E-state index in [-0.39, 0.29) is 6.03 Å². The molecule has 0 aliphatic carbocycles. The van der Waals surface area contributed by atoms with Crippen molar-refractivity contribution in [3.63, 3.8) is 0 Å². The molecule has 2 amide bonds. The number of anilines is 2. The van der Waals surface area contributed by atoms with Gasteiger partial charge in [0.15, 0.2) is 0 Å². The van der Waals surface area contributed by atoms with Crippen molar-refractivity contribution in [2.75, 3.05) is 18.0 Å². The number of benzene rings is 3. The van der Waals surface area contributed by atoms with Gasteiger partial charge in [0, 0.05) is 47.4 Å². The van der Waals surface area contributed by atoms with Gasteiger partial charge in [-0.1, -0.05) is 66.0 Å². The van der Waals surface area contributed by atoms with Gasteiger partial charge in [-0.3, -0.25) is 9.80 Å². The molecule has 3 unspecified atom stereocenters. The molecule has 2 fully saturated rings. The van der Waals surface area contributed by atoms with E-state index < -0.39 is 0 Å². The van der Waals surface area contributed by atoms with Gasteiger partial charge in [0.05, 0.1) is 21.4 Å². The minimum Gasteiger partial charge on any atom is -0.333 e. The van der Waals surface area contributed by atoms with Gasteiger partial charge in [-0.05, 0) is 87.2 Å². The molecule has 5 nitrogen and oxygen atoms in total. The summed E-state index contributed by atoms with van der Waals surface area (Å²) in [6.07, 6.45) is 4.82. The van der Waals surface area contributed by atoms with Gasteiger partial charge < -0.3 is 10.2 Å². The summed E-state index contributed by atoms with van der Waals surface area (Å²) in [5.74, 6) is 0. The Kier molecular flexibility index (Phi) is 8.04. The van der Waals surface area contributed by atoms with Crippen molar-refractivity contribution in [2.45, 2.75) is 70.7 Å². The maximum atomic E-state index is 13.4. The molecule has 3 aromatic carbocycles. The van der Waals surface area contributed by atoms with Crippen molar-refractivity contribution < 1.29 is 4.79 Å². The predicted molar refractivity (Wildman–Crippen MR) is 166 cm³/mol. The molecule has 3 atom stereocenters. The molecule has 0 spiro atoms. The highest BCUT2D eigenvalue weighted by Crippen LogP contribution is 2.45. The van der Waals surface area contributed by atoms with E-state index in [0.29, 0.717) is 45.4 Å². The van der Waals surface area contributed by atoms with Crippen LogP contribution in [0.5, 0.6) is 0 Å². The first-order valence-electron chi connectivity index (χ1n) is 14.3. The third kappa shape index (κ3) is 5.12. The van der Waals surface area contributed by atoms with Crippen molar-refractivity contribution in [3.05, 3.63) is 80.8 Å². The van der Waals surface area contributed by atoms with E-state index >= 15 is 0 Å². The van der Waals surface area contributed by atoms with E-state index in [9.17, 15) is 4.79 Å². The lowest BCUT2D eigenvalue weighted by Gasteiger charge is -2.49. The molecule has 3 aromatic rings. The lowest BCUT2D eigenvalue weighted by Crippen LogP contribution is -2.56. The second-order valence-electron chi connectivity index (χ2n) is 11.3. The van der Waals surface area contributed by atoms with Crippen LogP contribution >= 0.6 is 34.8 Å². The van der Waals surface area contributed by atoms with Crippen LogP contribution in [0, 0.1) is 0 Å². The second kappa shape index (κ2) is 11.5. The number of nitrogens with one attached hydrogen (secondary N) is 1. The smallest absolute Gasteiger partial charge is 0.326 e. The van der Waals surface area contributed by atoms with E-state index in [2.05, 4.69) is 41.1 Å². The third-order valence-electron chi connectivity index (χ3n) is 8.91. The Labute approximate surface area is 252 Å². The summed E-state index contributed by atoms with van der Waals surface area (Å²) in [6.45, 7) is 8.33. The Bertz CT molecular complexity index is 1410. The predicted octanol–water partition coefficient (Wildman–Crippen LogP) is 8.51. The summed E-state index contributed by atoms with van der Waals surface area (Å²) >= 11 is 20.0. The Morgan fingerprint density at radius 3 is 2.33 bits per heavy atom. The number of carbonyl (C=O) groups is 1. The number of hydrogen-bond acceptors (Lipinski definition) is 3. The quantitative estimate of drug-likeness (QED) is 0.310. The summed E-state index contributed by atoms with van der Waals surface area (Å²) in [6, 6.07) is 19.0. The molecule has 210 valence electrons. The molecular weight excluding hydrogens is 563 g/mol. The Morgan fingerprint density at radius 1 is 0.925 bits per heavy atom. The third-order valence-corrected chi connectivity index (χ3v) is 9.85. The molecule has 1 N–H and O–H groups in total. The molecular formula is C32H35Cl3N4O. The minimum atomic E-state index is -0.250. The van der Waals surface area contributed by atoms with E-state index in [1.807, 2.05) is 24.3 Å². The number of hydrogen-bond donors (Lipinski definition) is 1. The van der Waals surface area contributed by atoms with Crippen LogP contribution in [0.3, 0.4) is 0 Å². The van der Waals surface area contributed by atoms with Gasteiger partial charge in [0.25, 0.3) is 0 Å². The number of urea groups is 1. The number of fused-ring (bicyclic) bond motifs is 1. The van der Waals surface area contributed by atoms with E-state index in [4.69, 9.17) is 34.8 Å². The van der Waals surface area contributed by atoms with E-state index in [1.54, 1.807) is 23.1 Å². The Balaban J connectivity index is 1.45. The van der Waals surface area contributed by atoms with Crippen molar-refractivity contribution >= 4 is 52.2 Å². The first-order chi connectivity index (χ1) is 19.4. The van der Waals surface area contributed by atoms with Gasteiger partial charge in [-0.15, -0.1) is 0 Å². The molecule has 0 bridgehead atoms. The van der Waals surface area contributed by atoms with Crippen LogP contribution in [0.25, 0.3) is 11.1 Å². The zero-order valence-electron chi connectivity index (χ0n) is 23.0. The number of halogens is 3. The van der Waals surface area contributed by atoms with Gasteiger partial charge in [0.2, 0.25) is 0 Å². The number of para-hydroxylation sites is 1. The van der Waals surface area contributed by atoms with Crippen LogP contribution in [-0.4, -0.2) is 47.0 Å². The zero-order valence-corrected chi connectivity index (χ0v) is 25.2. The number of likely N-dealkylation sites (tertiary alicyclic amines) is 2. The second-order valence-corrected chi connectivity index (χ2v) is 12.5. The van der Waals surface area contributed by atoms with E-state index in [1.165, 1.54) is 32.4 Å². The van der Waals surface area contributed by atoms with Gasteiger partial charge >= 0.3 is 6.03 Å². The van der Waals surface area contributed by atoms with Crippen LogP contribution in [0.2, 0.25) is 15.1 Å². The van der Waals surface area contributed by atoms with Crippen molar-refractivity contribution in [3.8, 4) is 11.1 Å². The first kappa shape index (κ1) is 27.9. The number of amides is 2. The molecule has 40 heavy (non-hydrogen) atoms. The molecule has 0 radical (unpaired) electrons. The maximum Gasteiger partial charge on any atom is 0.326 e. The minimum absolute atomic E-state index is 0.250. The summed E-state index contributed by atoms with van der Waals surface area (Å²) < 4.78 is 0. The highest BCUT2D eigenvalue weighted by molar-refractivity contribution is 6.40. The van der Waals surface area contributed by atoms with Gasteiger partial charge in [0.1, 0.15) is 0 Å². The fourth-order valence-electron chi connectivity index (χ4n) is 6.72. The average Bonchev–Trinajstić information content (AvgIpc) is 2.90. The normalized spacial score (nSPS) is 23.5. The lowest BCUT2D eigenvalue weighted by molar-refractivity contribution is -0.000747. The van der Waals surface area contributed by atoms with Crippen LogP contribution in [-0.2, 0) is 13.1 Å². The zero-order chi connectivity index (χ0) is 28.0. The molecule has 0 saturated carbocycles. The monoisotopic (exact) mass is 596 g/mol. The number of rotatable bonds is 6. The number of nitrogens with zero attached hydrogens (tertiary/aromatic N) is 3. The lowest BCUT2D eigenvalue weighted by atomic mass is 9.87. The topological polar surface area (TPSA) is 38.8 Å². The fraction of sp³-hybridized carbons (Fsp3) is 0.406. The fourth-order valence-corrected chi connectivity index (χ4v) is 7.53. The molecule has 3 aliphatic rings. The molecule has 6 rings (SSSR count). The SMILES string of the molecule is CCC1CC(N2CCC2)CC(C)N1Cc1cc(-c2ccccc2Cl)c2c(c1)N(c1c(Cl)cccc1Cl)C(=O)NC2. The van der Waals surface area contributed by atoms with Crippen molar-refractivity contribution in [1.29, 1.82) is 0 Å². The molecule has 3 aliphatic heterocycles. The van der Waals surface area contributed by atoms with Gasteiger partial charge in [-0.25, -0.2) is 4.79 Å². The van der Waals surface area contributed by atoms with E-state index in [0.717, 1.165) is 40.9 Å². The highest BCUT2D eigenvalue weighted by atomic mass is 35.5. The van der Waals surface area contributed by atoms with Crippen molar-refractivity contribution in [2.24, 2.45) is 0 Å². The number of carbonyl (C=O) groups excluding carboxylic acids is 1. The summed E-state index contributed by atoms with van der Waals surface area (Å²) in [4.78, 5) is 20.4. The molecule has 0 aromatic heterocycles. The van der Waals surface area contributed by atoms with Crippen LogP contribution in [0.15, 0.2) is 54.6 Å². The van der Waals surface area contributed by atoms with Crippen molar-refractivity contribution in [1.82, 2.24) is 15.1 Å². The summed E-state index contributed by atoms with van der Waals surface area (Å²) in [5, 5.41) is 4.56. The Hall–Kier alpha value is -2.28. The van der Waals surface area contributed by atoms with Crippen LogP contribution in [0.4, 0.5) is 16.2 Å². The molecule has 3 heterocycles. The molecule has 2 saturated heterocycles. The first-order valence-corrected chi connectivity index (χ1v) is 15.4. The highest BCUT2D eigenvalue weighted by Gasteiger charge is 2.37. The standard InChI is InChI=1S/C32H35Cl3N4O/c1-3-22-17-23(37-12-7-13-37)14-20(2)38(22)19-21-15-25(24-8-4-5-9-27(24)33)26-18-36-32(40)39(30(26)16-21)31-28(34)10-6-11-29(31)35/h4-6,8-11,15-16,20,22-23H,3,7,12-14,17-19H2,1-2H3,(H,36,40). The largest absolute Gasteiger partial charge is 0.333 e. The summed E-state index contributed by atoms with van der Waals surface area (Å²) in [5.41, 5.74) is 5.37. The Morgan fingerprint density at radius 2 is 1.65 bits per heavy atom. The van der Waals surface area contributed by atoms with Crippen LogP contribution < -0.4 is 10.2 Å². The maximum absolute atomic E-state index is 13.4. The number of piperidine rings is 1. The van der Waals surface area contributed by atoms with Gasteiger partial charge in [-0.2, -0.15) is 0 Å². The van der Waals surface area contributed by atoms with Crippen LogP contribution in [0.1, 0.15) is 50.7 Å². The average molecular weight is 598 g/mol.